The van der Waals surface area contributed by atoms with Gasteiger partial charge in [-0.25, -0.2) is 4.79 Å². The minimum atomic E-state index is -0.333. The normalized spacial score (nSPS) is 10.6. The van der Waals surface area contributed by atoms with Gasteiger partial charge in [0.25, 0.3) is 0 Å². The maximum Gasteiger partial charge on any atom is 0.338 e. The van der Waals surface area contributed by atoms with Gasteiger partial charge >= 0.3 is 5.97 Å². The summed E-state index contributed by atoms with van der Waals surface area (Å²) in [5.41, 5.74) is 1.20. The van der Waals surface area contributed by atoms with Crippen LogP contribution in [0, 0.1) is 0 Å². The Morgan fingerprint density at radius 3 is 2.63 bits per heavy atom. The highest BCUT2D eigenvalue weighted by atomic mass is 16.5. The van der Waals surface area contributed by atoms with Gasteiger partial charge in [0.1, 0.15) is 6.29 Å². The minimum Gasteiger partial charge on any atom is -0.462 e. The second-order valence-corrected chi connectivity index (χ2v) is 3.89. The van der Waals surface area contributed by atoms with Crippen molar-refractivity contribution in [2.45, 2.75) is 26.2 Å². The molecule has 0 N–H and O–H groups in total. The van der Waals surface area contributed by atoms with Gasteiger partial charge in [-0.15, -0.1) is 0 Å². The van der Waals surface area contributed by atoms with Crippen molar-refractivity contribution in [1.82, 2.24) is 0 Å². The van der Waals surface area contributed by atoms with Crippen LogP contribution in [0.2, 0.25) is 0 Å². The number of ether oxygens (including phenoxy) is 1. The highest BCUT2D eigenvalue weighted by Crippen LogP contribution is 2.14. The highest BCUT2D eigenvalue weighted by Gasteiger charge is 2.04. The Balaban J connectivity index is 2.41. The molecule has 102 valence electrons. The first-order valence-electron chi connectivity index (χ1n) is 6.36. The molecule has 19 heavy (non-hydrogen) atoms. The van der Waals surface area contributed by atoms with E-state index < -0.39 is 0 Å². The molecule has 0 bridgehead atoms. The molecule has 1 rings (SSSR count). The first-order chi connectivity index (χ1) is 9.27. The highest BCUT2D eigenvalue weighted by molar-refractivity contribution is 5.89. The van der Waals surface area contributed by atoms with Crippen molar-refractivity contribution < 1.29 is 14.3 Å². The molecule has 0 heterocycles. The van der Waals surface area contributed by atoms with Crippen molar-refractivity contribution in [3.8, 4) is 0 Å². The average Bonchev–Trinajstić information content (AvgIpc) is 2.43. The van der Waals surface area contributed by atoms with Gasteiger partial charge in [-0.2, -0.15) is 10.2 Å². The standard InChI is InChI=1S/C14H18N2O3/c1-2-19-14(18)12-6-8-13(9-7-12)16-15-10-4-3-5-11-17/h6-9,11H,2-5,10H2,1H3. The summed E-state index contributed by atoms with van der Waals surface area (Å²) >= 11 is 0. The number of hydrogen-bond donors (Lipinski definition) is 0. The SMILES string of the molecule is CCOC(=O)c1ccc(N=NCCCCC=O)cc1. The molecular weight excluding hydrogens is 244 g/mol. The van der Waals surface area contributed by atoms with E-state index in [-0.39, 0.29) is 5.97 Å². The summed E-state index contributed by atoms with van der Waals surface area (Å²) in [7, 11) is 0. The van der Waals surface area contributed by atoms with Crippen LogP contribution in [0.1, 0.15) is 36.5 Å². The van der Waals surface area contributed by atoms with Crippen LogP contribution in [0.15, 0.2) is 34.5 Å². The molecule has 0 atom stereocenters. The Morgan fingerprint density at radius 1 is 1.26 bits per heavy atom. The summed E-state index contributed by atoms with van der Waals surface area (Å²) in [5, 5.41) is 8.05. The predicted octanol–water partition coefficient (Wildman–Crippen LogP) is 3.32. The van der Waals surface area contributed by atoms with Crippen LogP contribution >= 0.6 is 0 Å². The van der Waals surface area contributed by atoms with E-state index in [1.807, 2.05) is 0 Å². The summed E-state index contributed by atoms with van der Waals surface area (Å²) in [6.45, 7) is 2.74. The topological polar surface area (TPSA) is 68.1 Å². The summed E-state index contributed by atoms with van der Waals surface area (Å²) in [6, 6.07) is 6.78. The molecule has 5 nitrogen and oxygen atoms in total. The van der Waals surface area contributed by atoms with Crippen molar-refractivity contribution in [3.63, 3.8) is 0 Å². The molecule has 5 heteroatoms. The Hall–Kier alpha value is -2.04. The van der Waals surface area contributed by atoms with Crippen LogP contribution in [-0.2, 0) is 9.53 Å². The Labute approximate surface area is 112 Å². The molecule has 0 radical (unpaired) electrons. The number of carbonyl (C=O) groups excluding carboxylic acids is 2. The number of nitrogens with zero attached hydrogens (tertiary/aromatic N) is 2. The number of unbranched alkanes of at least 4 members (excludes halogenated alkanes) is 2. The molecular formula is C14H18N2O3. The fourth-order valence-electron chi connectivity index (χ4n) is 1.42. The second kappa shape index (κ2) is 8.97. The molecule has 0 saturated carbocycles. The number of aldehydes is 1. The van der Waals surface area contributed by atoms with Gasteiger partial charge in [-0.3, -0.25) is 0 Å². The van der Waals surface area contributed by atoms with E-state index in [0.29, 0.717) is 30.8 Å². The van der Waals surface area contributed by atoms with Crippen molar-refractivity contribution in [2.75, 3.05) is 13.2 Å². The van der Waals surface area contributed by atoms with Crippen molar-refractivity contribution in [1.29, 1.82) is 0 Å². The van der Waals surface area contributed by atoms with E-state index in [1.165, 1.54) is 0 Å². The zero-order valence-corrected chi connectivity index (χ0v) is 11.0. The Morgan fingerprint density at radius 2 is 2.00 bits per heavy atom. The van der Waals surface area contributed by atoms with E-state index in [4.69, 9.17) is 4.74 Å². The number of rotatable bonds is 8. The van der Waals surface area contributed by atoms with Crippen molar-refractivity contribution >= 4 is 17.9 Å². The quantitative estimate of drug-likeness (QED) is 0.312. The van der Waals surface area contributed by atoms with Crippen LogP contribution in [0.3, 0.4) is 0 Å². The first-order valence-corrected chi connectivity index (χ1v) is 6.36. The number of azo groups is 1. The third-order valence-electron chi connectivity index (χ3n) is 2.39. The van der Waals surface area contributed by atoms with Crippen LogP contribution in [0.25, 0.3) is 0 Å². The van der Waals surface area contributed by atoms with Crippen LogP contribution in [0.5, 0.6) is 0 Å². The van der Waals surface area contributed by atoms with E-state index in [9.17, 15) is 9.59 Å². The average molecular weight is 262 g/mol. The van der Waals surface area contributed by atoms with E-state index in [1.54, 1.807) is 31.2 Å². The third-order valence-corrected chi connectivity index (χ3v) is 2.39. The molecule has 1 aromatic carbocycles. The molecule has 0 aromatic heterocycles. The number of hydrogen-bond acceptors (Lipinski definition) is 5. The molecule has 0 unspecified atom stereocenters. The minimum absolute atomic E-state index is 0.333. The number of carbonyl (C=O) groups is 2. The summed E-state index contributed by atoms with van der Waals surface area (Å²) in [6.07, 6.45) is 3.17. The maximum absolute atomic E-state index is 11.4. The predicted molar refractivity (Wildman–Crippen MR) is 71.7 cm³/mol. The maximum atomic E-state index is 11.4. The zero-order chi connectivity index (χ0) is 13.9. The van der Waals surface area contributed by atoms with Gasteiger partial charge in [0.2, 0.25) is 0 Å². The van der Waals surface area contributed by atoms with Crippen LogP contribution in [0.4, 0.5) is 5.69 Å². The summed E-state index contributed by atoms with van der Waals surface area (Å²) < 4.78 is 4.88. The molecule has 1 aromatic rings. The van der Waals surface area contributed by atoms with Gasteiger partial charge in [0.15, 0.2) is 0 Å². The monoisotopic (exact) mass is 262 g/mol. The number of esters is 1. The van der Waals surface area contributed by atoms with Gasteiger partial charge in [0.05, 0.1) is 24.4 Å². The van der Waals surface area contributed by atoms with Crippen molar-refractivity contribution in [3.05, 3.63) is 29.8 Å². The lowest BCUT2D eigenvalue weighted by Crippen LogP contribution is -2.03. The lowest BCUT2D eigenvalue weighted by atomic mass is 10.2. The smallest absolute Gasteiger partial charge is 0.338 e. The molecule has 0 aliphatic rings. The van der Waals surface area contributed by atoms with Crippen LogP contribution in [-0.4, -0.2) is 25.4 Å². The van der Waals surface area contributed by atoms with Gasteiger partial charge in [0, 0.05) is 6.42 Å². The molecule has 0 aliphatic carbocycles. The lowest BCUT2D eigenvalue weighted by Gasteiger charge is -2.01. The molecule has 0 saturated heterocycles. The summed E-state index contributed by atoms with van der Waals surface area (Å²) in [5.74, 6) is -0.333. The molecule has 0 fully saturated rings. The largest absolute Gasteiger partial charge is 0.462 e. The fourth-order valence-corrected chi connectivity index (χ4v) is 1.42. The van der Waals surface area contributed by atoms with Crippen LogP contribution < -0.4 is 0 Å². The number of benzene rings is 1. The van der Waals surface area contributed by atoms with Gasteiger partial charge in [-0.1, -0.05) is 0 Å². The van der Waals surface area contributed by atoms with Crippen molar-refractivity contribution in [2.24, 2.45) is 10.2 Å². The van der Waals surface area contributed by atoms with Gasteiger partial charge < -0.3 is 9.53 Å². The second-order valence-electron chi connectivity index (χ2n) is 3.89. The summed E-state index contributed by atoms with van der Waals surface area (Å²) in [4.78, 5) is 21.5. The molecule has 0 spiro atoms. The fraction of sp³-hybridized carbons (Fsp3) is 0.429. The van der Waals surface area contributed by atoms with E-state index in [0.717, 1.165) is 19.1 Å². The third kappa shape index (κ3) is 5.90. The Bertz CT molecular complexity index is 427. The first kappa shape index (κ1) is 15.0. The molecule has 0 aliphatic heterocycles. The van der Waals surface area contributed by atoms with Gasteiger partial charge in [-0.05, 0) is 44.0 Å². The van der Waals surface area contributed by atoms with E-state index >= 15 is 0 Å². The Kier molecular flexibility index (Phi) is 7.09. The van der Waals surface area contributed by atoms with E-state index in [2.05, 4.69) is 10.2 Å². The molecule has 0 amide bonds. The lowest BCUT2D eigenvalue weighted by molar-refractivity contribution is -0.107. The zero-order valence-electron chi connectivity index (χ0n) is 11.0.